The highest BCUT2D eigenvalue weighted by Gasteiger charge is 2.39. The molecule has 1 aromatic carbocycles. The van der Waals surface area contributed by atoms with Gasteiger partial charge in [0.2, 0.25) is 0 Å². The molecule has 0 aromatic heterocycles. The van der Waals surface area contributed by atoms with E-state index in [1.165, 1.54) is 0 Å². The van der Waals surface area contributed by atoms with Crippen molar-refractivity contribution >= 4 is 15.9 Å². The highest BCUT2D eigenvalue weighted by molar-refractivity contribution is 9.10. The second-order valence-corrected chi connectivity index (χ2v) is 4.83. The summed E-state index contributed by atoms with van der Waals surface area (Å²) in [6, 6.07) is 7.85. The van der Waals surface area contributed by atoms with Crippen molar-refractivity contribution in [2.45, 2.75) is 12.5 Å². The van der Waals surface area contributed by atoms with E-state index in [1.807, 2.05) is 24.3 Å². The first kappa shape index (κ1) is 9.96. The van der Waals surface area contributed by atoms with Crippen molar-refractivity contribution in [1.82, 2.24) is 5.01 Å². The van der Waals surface area contributed by atoms with Crippen LogP contribution in [0.2, 0.25) is 0 Å². The molecule has 0 amide bonds. The zero-order valence-electron chi connectivity index (χ0n) is 8.03. The van der Waals surface area contributed by atoms with Gasteiger partial charge in [0.25, 0.3) is 0 Å². The van der Waals surface area contributed by atoms with Crippen LogP contribution in [0.5, 0.6) is 5.75 Å². The van der Waals surface area contributed by atoms with E-state index in [1.54, 1.807) is 5.01 Å². The topological polar surface area (TPSA) is 38.5 Å². The van der Waals surface area contributed by atoms with Gasteiger partial charge in [-0.1, -0.05) is 15.9 Å². The molecule has 4 heteroatoms. The second-order valence-electron chi connectivity index (χ2n) is 3.91. The SMILES string of the molecule is CC1(Oc2ccc(Br)cc2)CN(N)C1. The summed E-state index contributed by atoms with van der Waals surface area (Å²) in [5, 5.41) is 1.75. The fraction of sp³-hybridized carbons (Fsp3) is 0.400. The van der Waals surface area contributed by atoms with Gasteiger partial charge >= 0.3 is 0 Å². The maximum absolute atomic E-state index is 5.82. The maximum atomic E-state index is 5.82. The third-order valence-corrected chi connectivity index (χ3v) is 2.78. The molecule has 0 unspecified atom stereocenters. The first-order valence-electron chi connectivity index (χ1n) is 4.52. The Morgan fingerprint density at radius 1 is 1.36 bits per heavy atom. The minimum atomic E-state index is -0.122. The van der Waals surface area contributed by atoms with E-state index < -0.39 is 0 Å². The van der Waals surface area contributed by atoms with E-state index in [0.29, 0.717) is 0 Å². The minimum Gasteiger partial charge on any atom is -0.485 e. The summed E-state index contributed by atoms with van der Waals surface area (Å²) in [4.78, 5) is 0. The quantitative estimate of drug-likeness (QED) is 0.821. The van der Waals surface area contributed by atoms with Crippen molar-refractivity contribution in [1.29, 1.82) is 0 Å². The standard InChI is InChI=1S/C10H13BrN2O/c1-10(6-13(12)7-10)14-9-4-2-8(11)3-5-9/h2-5H,6-7,12H2,1H3. The molecule has 1 aliphatic rings. The van der Waals surface area contributed by atoms with Gasteiger partial charge in [-0.05, 0) is 31.2 Å². The Morgan fingerprint density at radius 2 is 1.93 bits per heavy atom. The zero-order chi connectivity index (χ0) is 10.2. The molecular weight excluding hydrogens is 244 g/mol. The Morgan fingerprint density at radius 3 is 2.43 bits per heavy atom. The zero-order valence-corrected chi connectivity index (χ0v) is 9.62. The normalized spacial score (nSPS) is 20.2. The molecule has 2 rings (SSSR count). The number of ether oxygens (including phenoxy) is 1. The molecule has 0 radical (unpaired) electrons. The number of hydrogen-bond acceptors (Lipinski definition) is 3. The van der Waals surface area contributed by atoms with Crippen LogP contribution < -0.4 is 10.6 Å². The molecule has 1 fully saturated rings. The highest BCUT2D eigenvalue weighted by atomic mass is 79.9. The Kier molecular flexibility index (Phi) is 2.51. The first-order valence-corrected chi connectivity index (χ1v) is 5.31. The van der Waals surface area contributed by atoms with Gasteiger partial charge in [-0.2, -0.15) is 0 Å². The Balaban J connectivity index is 2.01. The monoisotopic (exact) mass is 256 g/mol. The number of halogens is 1. The van der Waals surface area contributed by atoms with Gasteiger partial charge in [0, 0.05) is 4.47 Å². The lowest BCUT2D eigenvalue weighted by Crippen LogP contribution is -2.65. The molecule has 0 bridgehead atoms. The summed E-state index contributed by atoms with van der Waals surface area (Å²) in [5.41, 5.74) is -0.122. The lowest BCUT2D eigenvalue weighted by atomic mass is 9.99. The second kappa shape index (κ2) is 3.53. The van der Waals surface area contributed by atoms with Gasteiger partial charge in [-0.3, -0.25) is 5.84 Å². The summed E-state index contributed by atoms with van der Waals surface area (Å²) in [6.45, 7) is 3.63. The molecular formula is C10H13BrN2O. The van der Waals surface area contributed by atoms with E-state index in [-0.39, 0.29) is 5.60 Å². The van der Waals surface area contributed by atoms with E-state index >= 15 is 0 Å². The van der Waals surface area contributed by atoms with Crippen LogP contribution in [-0.4, -0.2) is 23.7 Å². The van der Waals surface area contributed by atoms with Gasteiger partial charge in [0.05, 0.1) is 13.1 Å². The van der Waals surface area contributed by atoms with E-state index in [2.05, 4.69) is 22.9 Å². The third kappa shape index (κ3) is 2.08. The van der Waals surface area contributed by atoms with E-state index in [9.17, 15) is 0 Å². The fourth-order valence-electron chi connectivity index (χ4n) is 1.66. The molecule has 0 spiro atoms. The van der Waals surface area contributed by atoms with Crippen LogP contribution in [0, 0.1) is 0 Å². The predicted octanol–water partition coefficient (Wildman–Crippen LogP) is 1.78. The molecule has 0 aliphatic carbocycles. The lowest BCUT2D eigenvalue weighted by Gasteiger charge is -2.45. The van der Waals surface area contributed by atoms with Crippen molar-refractivity contribution in [2.24, 2.45) is 5.84 Å². The Bertz CT molecular complexity index is 319. The van der Waals surface area contributed by atoms with Crippen LogP contribution >= 0.6 is 15.9 Å². The van der Waals surface area contributed by atoms with Crippen LogP contribution in [0.1, 0.15) is 6.92 Å². The largest absolute Gasteiger partial charge is 0.485 e. The van der Waals surface area contributed by atoms with E-state index in [4.69, 9.17) is 10.6 Å². The van der Waals surface area contributed by atoms with E-state index in [0.717, 1.165) is 23.3 Å². The average molecular weight is 257 g/mol. The lowest BCUT2D eigenvalue weighted by molar-refractivity contribution is -0.0640. The molecule has 1 aliphatic heterocycles. The molecule has 1 heterocycles. The first-order chi connectivity index (χ1) is 6.57. The summed E-state index contributed by atoms with van der Waals surface area (Å²) >= 11 is 3.38. The number of rotatable bonds is 2. The Labute approximate surface area is 91.9 Å². The van der Waals surface area contributed by atoms with Crippen LogP contribution in [0.15, 0.2) is 28.7 Å². The summed E-state index contributed by atoms with van der Waals surface area (Å²) in [5.74, 6) is 6.47. The number of benzene rings is 1. The van der Waals surface area contributed by atoms with Gasteiger partial charge in [0.1, 0.15) is 11.4 Å². The molecule has 76 valence electrons. The number of nitrogens with two attached hydrogens (primary N) is 1. The van der Waals surface area contributed by atoms with Gasteiger partial charge in [-0.25, -0.2) is 5.01 Å². The summed E-state index contributed by atoms with van der Waals surface area (Å²) in [6.07, 6.45) is 0. The molecule has 2 N–H and O–H groups in total. The molecule has 3 nitrogen and oxygen atoms in total. The fourth-order valence-corrected chi connectivity index (χ4v) is 1.93. The number of nitrogens with zero attached hydrogens (tertiary/aromatic N) is 1. The predicted molar refractivity (Wildman–Crippen MR) is 58.9 cm³/mol. The van der Waals surface area contributed by atoms with Crippen molar-refractivity contribution in [2.75, 3.05) is 13.1 Å². The van der Waals surface area contributed by atoms with Crippen molar-refractivity contribution in [3.8, 4) is 5.75 Å². The minimum absolute atomic E-state index is 0.122. The molecule has 1 aromatic rings. The summed E-state index contributed by atoms with van der Waals surface area (Å²) < 4.78 is 6.88. The number of hydrazine groups is 1. The molecule has 1 saturated heterocycles. The highest BCUT2D eigenvalue weighted by Crippen LogP contribution is 2.26. The van der Waals surface area contributed by atoms with Crippen LogP contribution in [-0.2, 0) is 0 Å². The van der Waals surface area contributed by atoms with Gasteiger partial charge < -0.3 is 4.74 Å². The molecule has 0 saturated carbocycles. The third-order valence-electron chi connectivity index (χ3n) is 2.25. The molecule has 14 heavy (non-hydrogen) atoms. The van der Waals surface area contributed by atoms with Crippen LogP contribution in [0.25, 0.3) is 0 Å². The Hall–Kier alpha value is -0.580. The maximum Gasteiger partial charge on any atom is 0.134 e. The van der Waals surface area contributed by atoms with Gasteiger partial charge in [0.15, 0.2) is 0 Å². The number of hydrogen-bond donors (Lipinski definition) is 1. The van der Waals surface area contributed by atoms with Crippen molar-refractivity contribution in [3.05, 3.63) is 28.7 Å². The van der Waals surface area contributed by atoms with Gasteiger partial charge in [-0.15, -0.1) is 0 Å². The molecule has 0 atom stereocenters. The summed E-state index contributed by atoms with van der Waals surface area (Å²) in [7, 11) is 0. The smallest absolute Gasteiger partial charge is 0.134 e. The van der Waals surface area contributed by atoms with Crippen LogP contribution in [0.3, 0.4) is 0 Å². The van der Waals surface area contributed by atoms with Crippen LogP contribution in [0.4, 0.5) is 0 Å². The average Bonchev–Trinajstić information content (AvgIpc) is 2.07. The van der Waals surface area contributed by atoms with Crippen molar-refractivity contribution < 1.29 is 4.74 Å². The van der Waals surface area contributed by atoms with Crippen molar-refractivity contribution in [3.63, 3.8) is 0 Å².